The molecule has 2 atom stereocenters. The van der Waals surface area contributed by atoms with Crippen LogP contribution < -0.4 is 10.5 Å². The van der Waals surface area contributed by atoms with Crippen LogP contribution in [-0.4, -0.2) is 6.04 Å². The molecule has 0 aliphatic heterocycles. The monoisotopic (exact) mass is 371 g/mol. The first-order chi connectivity index (χ1) is 9.06. The minimum absolute atomic E-state index is 0.191. The predicted molar refractivity (Wildman–Crippen MR) is 82.6 cm³/mol. The highest BCUT2D eigenvalue weighted by atomic mass is 127. The summed E-state index contributed by atoms with van der Waals surface area (Å²) in [6, 6.07) is 13.8. The molecule has 2 rings (SSSR count). The highest BCUT2D eigenvalue weighted by Crippen LogP contribution is 2.25. The third-order valence-electron chi connectivity index (χ3n) is 2.74. The zero-order chi connectivity index (χ0) is 13.8. The summed E-state index contributed by atoms with van der Waals surface area (Å²) < 4.78 is 20.0. The van der Waals surface area contributed by atoms with Gasteiger partial charge in [-0.2, -0.15) is 0 Å². The van der Waals surface area contributed by atoms with E-state index in [1.807, 2.05) is 31.2 Å². The van der Waals surface area contributed by atoms with Crippen LogP contribution in [0, 0.1) is 9.39 Å². The molecule has 0 saturated carbocycles. The summed E-state index contributed by atoms with van der Waals surface area (Å²) in [5.74, 6) is 0.500. The Bertz CT molecular complexity index is 542. The SMILES string of the molecule is CC(N)C(Oc1cccc(I)c1)c1ccc(F)cc1. The van der Waals surface area contributed by atoms with E-state index in [1.165, 1.54) is 12.1 Å². The van der Waals surface area contributed by atoms with Crippen LogP contribution in [0.15, 0.2) is 48.5 Å². The Labute approximate surface area is 125 Å². The van der Waals surface area contributed by atoms with Gasteiger partial charge in [-0.25, -0.2) is 4.39 Å². The fraction of sp³-hybridized carbons (Fsp3) is 0.200. The molecule has 0 aliphatic carbocycles. The maximum atomic E-state index is 13.0. The van der Waals surface area contributed by atoms with Gasteiger partial charge in [0.1, 0.15) is 17.7 Å². The molecule has 2 N–H and O–H groups in total. The van der Waals surface area contributed by atoms with Gasteiger partial charge in [0.2, 0.25) is 0 Å². The van der Waals surface area contributed by atoms with Gasteiger partial charge in [0.15, 0.2) is 0 Å². The molecule has 0 radical (unpaired) electrons. The van der Waals surface area contributed by atoms with Crippen molar-refractivity contribution >= 4 is 22.6 Å². The largest absolute Gasteiger partial charge is 0.484 e. The highest BCUT2D eigenvalue weighted by Gasteiger charge is 2.18. The van der Waals surface area contributed by atoms with E-state index in [0.717, 1.165) is 14.9 Å². The average molecular weight is 371 g/mol. The smallest absolute Gasteiger partial charge is 0.138 e. The Hall–Kier alpha value is -1.14. The summed E-state index contributed by atoms with van der Waals surface area (Å²) >= 11 is 2.23. The third-order valence-corrected chi connectivity index (χ3v) is 3.41. The quantitative estimate of drug-likeness (QED) is 0.828. The van der Waals surface area contributed by atoms with Crippen LogP contribution in [0.5, 0.6) is 5.75 Å². The minimum Gasteiger partial charge on any atom is -0.484 e. The molecule has 0 spiro atoms. The zero-order valence-corrected chi connectivity index (χ0v) is 12.7. The van der Waals surface area contributed by atoms with Crippen molar-refractivity contribution in [3.8, 4) is 5.75 Å². The molecule has 19 heavy (non-hydrogen) atoms. The molecule has 4 heteroatoms. The third kappa shape index (κ3) is 3.91. The lowest BCUT2D eigenvalue weighted by Gasteiger charge is -2.23. The summed E-state index contributed by atoms with van der Waals surface area (Å²) in [4.78, 5) is 0. The van der Waals surface area contributed by atoms with Crippen molar-refractivity contribution in [1.29, 1.82) is 0 Å². The second-order valence-electron chi connectivity index (χ2n) is 4.41. The van der Waals surface area contributed by atoms with Crippen LogP contribution >= 0.6 is 22.6 Å². The highest BCUT2D eigenvalue weighted by molar-refractivity contribution is 14.1. The molecule has 2 aromatic carbocycles. The molecule has 0 heterocycles. The summed E-state index contributed by atoms with van der Waals surface area (Å²) in [6.45, 7) is 1.88. The standard InChI is InChI=1S/C15H15FINO/c1-10(18)15(11-5-7-12(16)8-6-11)19-14-4-2-3-13(17)9-14/h2-10,15H,18H2,1H3. The number of halogens is 2. The Morgan fingerprint density at radius 1 is 1.16 bits per heavy atom. The molecule has 2 unspecified atom stereocenters. The van der Waals surface area contributed by atoms with Gasteiger partial charge in [-0.1, -0.05) is 18.2 Å². The number of rotatable bonds is 4. The molecule has 0 amide bonds. The predicted octanol–water partition coefficient (Wildman–Crippen LogP) is 3.90. The van der Waals surface area contributed by atoms with Crippen LogP contribution in [0.1, 0.15) is 18.6 Å². The van der Waals surface area contributed by atoms with Gasteiger partial charge in [0, 0.05) is 9.61 Å². The molecule has 100 valence electrons. The van der Waals surface area contributed by atoms with Crippen molar-refractivity contribution in [2.75, 3.05) is 0 Å². The number of nitrogens with two attached hydrogens (primary N) is 1. The fourth-order valence-corrected chi connectivity index (χ4v) is 2.33. The van der Waals surface area contributed by atoms with Gasteiger partial charge in [0.25, 0.3) is 0 Å². The molecule has 2 aromatic rings. The lowest BCUT2D eigenvalue weighted by molar-refractivity contribution is 0.180. The minimum atomic E-state index is -0.293. The normalized spacial score (nSPS) is 13.9. The van der Waals surface area contributed by atoms with Gasteiger partial charge in [-0.05, 0) is 65.4 Å². The molecule has 0 fully saturated rings. The van der Waals surface area contributed by atoms with Crippen LogP contribution in [0.2, 0.25) is 0 Å². The second kappa shape index (κ2) is 6.34. The first kappa shape index (κ1) is 14.3. The first-order valence-corrected chi connectivity index (χ1v) is 7.07. The Kier molecular flexibility index (Phi) is 4.76. The van der Waals surface area contributed by atoms with Crippen molar-refractivity contribution in [2.45, 2.75) is 19.1 Å². The second-order valence-corrected chi connectivity index (χ2v) is 5.65. The summed E-state index contributed by atoms with van der Waals surface area (Å²) in [6.07, 6.45) is -0.293. The van der Waals surface area contributed by atoms with Gasteiger partial charge < -0.3 is 10.5 Å². The van der Waals surface area contributed by atoms with E-state index < -0.39 is 0 Å². The van der Waals surface area contributed by atoms with Crippen molar-refractivity contribution < 1.29 is 9.13 Å². The number of hydrogen-bond donors (Lipinski definition) is 1. The fourth-order valence-electron chi connectivity index (χ4n) is 1.82. The number of benzene rings is 2. The molecule has 0 aliphatic rings. The molecule has 0 bridgehead atoms. The van der Waals surface area contributed by atoms with E-state index in [9.17, 15) is 4.39 Å². The van der Waals surface area contributed by atoms with Gasteiger partial charge in [-0.3, -0.25) is 0 Å². The van der Waals surface area contributed by atoms with E-state index in [-0.39, 0.29) is 18.0 Å². The van der Waals surface area contributed by atoms with Gasteiger partial charge in [0.05, 0.1) is 0 Å². The van der Waals surface area contributed by atoms with Crippen LogP contribution in [0.3, 0.4) is 0 Å². The molecule has 0 aromatic heterocycles. The first-order valence-electron chi connectivity index (χ1n) is 5.99. The van der Waals surface area contributed by atoms with E-state index in [0.29, 0.717) is 0 Å². The summed E-state index contributed by atoms with van der Waals surface area (Å²) in [7, 11) is 0. The molecule has 0 saturated heterocycles. The summed E-state index contributed by atoms with van der Waals surface area (Å²) in [5.41, 5.74) is 6.84. The van der Waals surface area contributed by atoms with Gasteiger partial charge >= 0.3 is 0 Å². The maximum Gasteiger partial charge on any atom is 0.138 e. The Balaban J connectivity index is 2.23. The van der Waals surface area contributed by atoms with E-state index >= 15 is 0 Å². The Morgan fingerprint density at radius 3 is 2.42 bits per heavy atom. The van der Waals surface area contributed by atoms with Crippen LogP contribution in [0.4, 0.5) is 4.39 Å². The summed E-state index contributed by atoms with van der Waals surface area (Å²) in [5, 5.41) is 0. The van der Waals surface area contributed by atoms with Crippen molar-refractivity contribution in [2.24, 2.45) is 5.73 Å². The van der Waals surface area contributed by atoms with Crippen molar-refractivity contribution in [3.63, 3.8) is 0 Å². The molecule has 2 nitrogen and oxygen atoms in total. The molecular weight excluding hydrogens is 356 g/mol. The Morgan fingerprint density at radius 2 is 1.84 bits per heavy atom. The average Bonchev–Trinajstić information content (AvgIpc) is 2.37. The molecular formula is C15H15FINO. The van der Waals surface area contributed by atoms with E-state index in [1.54, 1.807) is 12.1 Å². The number of ether oxygens (including phenoxy) is 1. The van der Waals surface area contributed by atoms with E-state index in [4.69, 9.17) is 10.5 Å². The number of hydrogen-bond acceptors (Lipinski definition) is 2. The van der Waals surface area contributed by atoms with E-state index in [2.05, 4.69) is 22.6 Å². The lowest BCUT2D eigenvalue weighted by Crippen LogP contribution is -2.29. The van der Waals surface area contributed by atoms with Crippen molar-refractivity contribution in [3.05, 3.63) is 63.5 Å². The maximum absolute atomic E-state index is 13.0. The lowest BCUT2D eigenvalue weighted by atomic mass is 10.0. The van der Waals surface area contributed by atoms with Crippen molar-refractivity contribution in [1.82, 2.24) is 0 Å². The van der Waals surface area contributed by atoms with Gasteiger partial charge in [-0.15, -0.1) is 0 Å². The zero-order valence-electron chi connectivity index (χ0n) is 10.5. The van der Waals surface area contributed by atoms with Crippen LogP contribution in [0.25, 0.3) is 0 Å². The van der Waals surface area contributed by atoms with Crippen LogP contribution in [-0.2, 0) is 0 Å². The topological polar surface area (TPSA) is 35.2 Å².